The van der Waals surface area contributed by atoms with Gasteiger partial charge in [0.25, 0.3) is 0 Å². The number of anilines is 2. The van der Waals surface area contributed by atoms with Gasteiger partial charge in [0.15, 0.2) is 9.47 Å². The molecule has 2 heterocycles. The minimum Gasteiger partial charge on any atom is -0.360 e. The molecule has 0 spiro atoms. The van der Waals surface area contributed by atoms with E-state index in [4.69, 9.17) is 4.98 Å². The Labute approximate surface area is 189 Å². The molecule has 9 heteroatoms. The summed E-state index contributed by atoms with van der Waals surface area (Å²) in [4.78, 5) is 21.2. The van der Waals surface area contributed by atoms with Crippen LogP contribution in [0.3, 0.4) is 0 Å². The van der Waals surface area contributed by atoms with E-state index in [1.165, 1.54) is 46.5 Å². The van der Waals surface area contributed by atoms with E-state index >= 15 is 0 Å². The summed E-state index contributed by atoms with van der Waals surface area (Å²) in [6.45, 7) is 3.52. The van der Waals surface area contributed by atoms with Gasteiger partial charge < -0.3 is 5.32 Å². The van der Waals surface area contributed by atoms with E-state index in [-0.39, 0.29) is 5.91 Å². The average Bonchev–Trinajstić information content (AvgIpc) is 3.41. The zero-order valence-corrected chi connectivity index (χ0v) is 19.4. The molecule has 1 aliphatic rings. The molecule has 1 N–H and O–H groups in total. The number of aryl methyl sites for hydroxylation is 2. The number of thioether (sulfide) groups is 1. The van der Waals surface area contributed by atoms with Gasteiger partial charge in [-0.15, -0.1) is 21.5 Å². The molecule has 0 unspecified atom stereocenters. The zero-order chi connectivity index (χ0) is 20.8. The maximum absolute atomic E-state index is 13.2. The van der Waals surface area contributed by atoms with Crippen LogP contribution in [-0.2, 0) is 24.2 Å². The van der Waals surface area contributed by atoms with Crippen molar-refractivity contribution in [2.24, 2.45) is 0 Å². The van der Waals surface area contributed by atoms with Crippen molar-refractivity contribution in [2.75, 3.05) is 22.5 Å². The van der Waals surface area contributed by atoms with Crippen LogP contribution in [0.1, 0.15) is 42.3 Å². The zero-order valence-electron chi connectivity index (χ0n) is 17.0. The molecule has 1 aliphatic carbocycles. The van der Waals surface area contributed by atoms with Crippen LogP contribution in [0, 0.1) is 0 Å². The Balaban J connectivity index is 1.47. The molecule has 0 saturated carbocycles. The number of aromatic nitrogens is 3. The van der Waals surface area contributed by atoms with Crippen LogP contribution < -0.4 is 10.2 Å². The number of nitrogens with one attached hydrogen (secondary N) is 1. The minimum absolute atomic E-state index is 0.0493. The third-order valence-electron chi connectivity index (χ3n) is 4.80. The van der Waals surface area contributed by atoms with Gasteiger partial charge in [0.05, 0.1) is 18.0 Å². The smallest absolute Gasteiger partial charge is 0.239 e. The summed E-state index contributed by atoms with van der Waals surface area (Å²) >= 11 is 4.61. The normalized spacial score (nSPS) is 13.1. The van der Waals surface area contributed by atoms with Gasteiger partial charge in [-0.2, -0.15) is 0 Å². The number of rotatable bonds is 9. The quantitative estimate of drug-likeness (QED) is 0.453. The van der Waals surface area contributed by atoms with Crippen molar-refractivity contribution in [2.45, 2.75) is 49.9 Å². The number of hydrogen-bond donors (Lipinski definition) is 1. The van der Waals surface area contributed by atoms with Crippen molar-refractivity contribution >= 4 is 50.6 Å². The highest BCUT2D eigenvalue weighted by molar-refractivity contribution is 8.01. The third kappa shape index (κ3) is 5.39. The first-order valence-corrected chi connectivity index (χ1v) is 12.9. The van der Waals surface area contributed by atoms with Crippen molar-refractivity contribution in [1.29, 1.82) is 0 Å². The Bertz CT molecular complexity index is 949. The van der Waals surface area contributed by atoms with Gasteiger partial charge in [0, 0.05) is 11.4 Å². The summed E-state index contributed by atoms with van der Waals surface area (Å²) < 4.78 is 0.806. The lowest BCUT2D eigenvalue weighted by molar-refractivity contribution is -0.116. The molecule has 30 heavy (non-hydrogen) atoms. The predicted molar refractivity (Wildman–Crippen MR) is 126 cm³/mol. The molecule has 2 aromatic heterocycles. The molecule has 0 saturated heterocycles. The molecule has 4 rings (SSSR count). The fourth-order valence-corrected chi connectivity index (χ4v) is 6.07. The van der Waals surface area contributed by atoms with Crippen LogP contribution in [0.25, 0.3) is 0 Å². The summed E-state index contributed by atoms with van der Waals surface area (Å²) in [7, 11) is 0. The van der Waals surface area contributed by atoms with Crippen LogP contribution in [0.15, 0.2) is 34.7 Å². The highest BCUT2D eigenvalue weighted by atomic mass is 32.2. The summed E-state index contributed by atoms with van der Waals surface area (Å²) in [5.74, 6) is 0.368. The molecule has 0 bridgehead atoms. The number of amides is 1. The summed E-state index contributed by atoms with van der Waals surface area (Å²) in [6.07, 6.45) is 5.53. The van der Waals surface area contributed by atoms with Crippen molar-refractivity contribution in [3.05, 3.63) is 46.5 Å². The molecule has 0 radical (unpaired) electrons. The Hall–Kier alpha value is -1.97. The molecular weight excluding hydrogens is 434 g/mol. The van der Waals surface area contributed by atoms with Crippen LogP contribution in [0.4, 0.5) is 10.3 Å². The molecular formula is C21H25N5OS3. The van der Waals surface area contributed by atoms with E-state index < -0.39 is 0 Å². The average molecular weight is 460 g/mol. The Morgan fingerprint density at radius 2 is 2.00 bits per heavy atom. The molecule has 0 fully saturated rings. The lowest BCUT2D eigenvalue weighted by Crippen LogP contribution is -2.31. The topological polar surface area (TPSA) is 71.0 Å². The van der Waals surface area contributed by atoms with Gasteiger partial charge >= 0.3 is 0 Å². The van der Waals surface area contributed by atoms with E-state index in [1.54, 1.807) is 11.3 Å². The fourth-order valence-electron chi connectivity index (χ4n) is 3.26. The molecule has 6 nitrogen and oxygen atoms in total. The monoisotopic (exact) mass is 459 g/mol. The van der Waals surface area contributed by atoms with Crippen LogP contribution in [-0.4, -0.2) is 33.4 Å². The van der Waals surface area contributed by atoms with E-state index in [2.05, 4.69) is 34.6 Å². The van der Waals surface area contributed by atoms with Gasteiger partial charge in [-0.1, -0.05) is 60.4 Å². The number of benzene rings is 1. The Kier molecular flexibility index (Phi) is 7.35. The molecule has 1 aromatic carbocycles. The van der Waals surface area contributed by atoms with Crippen LogP contribution >= 0.6 is 34.4 Å². The Morgan fingerprint density at radius 1 is 1.17 bits per heavy atom. The second kappa shape index (κ2) is 10.4. The van der Waals surface area contributed by atoms with E-state index in [0.717, 1.165) is 46.0 Å². The minimum atomic E-state index is 0.0493. The third-order valence-corrected chi connectivity index (χ3v) is 7.98. The maximum Gasteiger partial charge on any atom is 0.239 e. The predicted octanol–water partition coefficient (Wildman–Crippen LogP) is 5.02. The SMILES string of the molecule is CCCNc1nnc(SCC(=O)N(Cc2ccccc2)c2nc3c(s2)CCCC3)s1. The van der Waals surface area contributed by atoms with E-state index in [0.29, 0.717) is 12.3 Å². The fraction of sp³-hybridized carbons (Fsp3) is 0.429. The number of thiazole rings is 1. The van der Waals surface area contributed by atoms with Crippen LogP contribution in [0.2, 0.25) is 0 Å². The number of carbonyl (C=O) groups excluding carboxylic acids is 1. The second-order valence-electron chi connectivity index (χ2n) is 7.13. The standard InChI is InChI=1S/C21H25N5OS3/c1-2-12-22-19-24-25-21(30-19)28-14-18(27)26(13-15-8-4-3-5-9-15)20-23-16-10-6-7-11-17(16)29-20/h3-5,8-9H,2,6-7,10-14H2,1H3,(H,22,24). The summed E-state index contributed by atoms with van der Waals surface area (Å²) in [6, 6.07) is 10.1. The Morgan fingerprint density at radius 3 is 2.80 bits per heavy atom. The lowest BCUT2D eigenvalue weighted by atomic mass is 10.0. The summed E-state index contributed by atoms with van der Waals surface area (Å²) in [5.41, 5.74) is 2.28. The highest BCUT2D eigenvalue weighted by Gasteiger charge is 2.24. The maximum atomic E-state index is 13.2. The molecule has 3 aromatic rings. The number of nitrogens with zero attached hydrogens (tertiary/aromatic N) is 4. The first-order chi connectivity index (χ1) is 14.7. The van der Waals surface area contributed by atoms with Crippen molar-refractivity contribution in [1.82, 2.24) is 15.2 Å². The molecule has 0 atom stereocenters. The van der Waals surface area contributed by atoms with E-state index in [9.17, 15) is 4.79 Å². The largest absolute Gasteiger partial charge is 0.360 e. The van der Waals surface area contributed by atoms with Crippen molar-refractivity contribution in [3.63, 3.8) is 0 Å². The highest BCUT2D eigenvalue weighted by Crippen LogP contribution is 2.33. The van der Waals surface area contributed by atoms with Crippen molar-refractivity contribution < 1.29 is 4.79 Å². The van der Waals surface area contributed by atoms with E-state index in [1.807, 2.05) is 23.1 Å². The molecule has 1 amide bonds. The second-order valence-corrected chi connectivity index (χ2v) is 10.4. The number of carbonyl (C=O) groups is 1. The van der Waals surface area contributed by atoms with Crippen LogP contribution in [0.5, 0.6) is 0 Å². The first-order valence-electron chi connectivity index (χ1n) is 10.3. The van der Waals surface area contributed by atoms with Crippen molar-refractivity contribution in [3.8, 4) is 0 Å². The first kappa shape index (κ1) is 21.3. The van der Waals surface area contributed by atoms with Gasteiger partial charge in [0.2, 0.25) is 11.0 Å². The lowest BCUT2D eigenvalue weighted by Gasteiger charge is -2.19. The molecule has 158 valence electrons. The number of fused-ring (bicyclic) bond motifs is 1. The van der Waals surface area contributed by atoms with Gasteiger partial charge in [-0.3, -0.25) is 9.69 Å². The van der Waals surface area contributed by atoms with Gasteiger partial charge in [0.1, 0.15) is 0 Å². The van der Waals surface area contributed by atoms with Gasteiger partial charge in [-0.05, 0) is 37.7 Å². The summed E-state index contributed by atoms with van der Waals surface area (Å²) in [5, 5.41) is 13.2. The number of hydrogen-bond acceptors (Lipinski definition) is 8. The molecule has 0 aliphatic heterocycles. The van der Waals surface area contributed by atoms with Gasteiger partial charge in [-0.25, -0.2) is 4.98 Å².